The number of para-hydroxylation sites is 1. The maximum absolute atomic E-state index is 12.4. The standard InChI is InChI=1S/C21H16Cl2N4OS/c1-27(2)17-8-9-24-16-7-6-12(10-13(16)17)11-18-20(28)26-21(29-18)25-19-14(22)4-3-5-15(19)23/h3-11H,1-2H3,(H,25,26,28)/b18-11+. The number of nitrogens with zero attached hydrogens (tertiary/aromatic N) is 3. The lowest BCUT2D eigenvalue weighted by atomic mass is 10.1. The number of halogens is 2. The average Bonchev–Trinajstić information content (AvgIpc) is 3.03. The number of benzene rings is 2. The Bertz CT molecular complexity index is 1170. The number of carbonyl (C=O) groups excluding carboxylic acids is 1. The molecule has 5 nitrogen and oxygen atoms in total. The van der Waals surface area contributed by atoms with Crippen LogP contribution in [0.25, 0.3) is 17.0 Å². The second-order valence-electron chi connectivity index (χ2n) is 6.55. The maximum Gasteiger partial charge on any atom is 0.264 e. The molecule has 1 fully saturated rings. The first kappa shape index (κ1) is 19.8. The summed E-state index contributed by atoms with van der Waals surface area (Å²) >= 11 is 13.6. The first-order valence-electron chi connectivity index (χ1n) is 8.72. The molecule has 2 heterocycles. The van der Waals surface area contributed by atoms with Crippen LogP contribution in [0.1, 0.15) is 5.56 Å². The van der Waals surface area contributed by atoms with Crippen molar-refractivity contribution in [1.29, 1.82) is 0 Å². The molecular weight excluding hydrogens is 427 g/mol. The Hall–Kier alpha value is -2.54. The van der Waals surface area contributed by atoms with Gasteiger partial charge in [-0.25, -0.2) is 4.99 Å². The van der Waals surface area contributed by atoms with Crippen LogP contribution in [0.2, 0.25) is 10.0 Å². The number of hydrogen-bond acceptors (Lipinski definition) is 5. The summed E-state index contributed by atoms with van der Waals surface area (Å²) in [6, 6.07) is 13.0. The van der Waals surface area contributed by atoms with E-state index >= 15 is 0 Å². The molecule has 1 N–H and O–H groups in total. The minimum atomic E-state index is -0.212. The summed E-state index contributed by atoms with van der Waals surface area (Å²) in [5.41, 5.74) is 3.31. The second kappa shape index (κ2) is 8.06. The monoisotopic (exact) mass is 442 g/mol. The second-order valence-corrected chi connectivity index (χ2v) is 8.40. The highest BCUT2D eigenvalue weighted by Gasteiger charge is 2.24. The highest BCUT2D eigenvalue weighted by atomic mass is 35.5. The zero-order valence-electron chi connectivity index (χ0n) is 15.6. The molecule has 0 unspecified atom stereocenters. The summed E-state index contributed by atoms with van der Waals surface area (Å²) in [5, 5.41) is 5.07. The van der Waals surface area contributed by atoms with Crippen LogP contribution >= 0.6 is 35.0 Å². The van der Waals surface area contributed by atoms with Gasteiger partial charge < -0.3 is 10.2 Å². The Labute approximate surface area is 182 Å². The topological polar surface area (TPSA) is 57.6 Å². The molecule has 0 saturated carbocycles. The molecule has 1 amide bonds. The molecule has 0 aliphatic carbocycles. The summed E-state index contributed by atoms with van der Waals surface area (Å²) in [4.78, 5) is 23.8. The van der Waals surface area contributed by atoms with Crippen molar-refractivity contribution >= 4 is 74.4 Å². The molecule has 1 aliphatic heterocycles. The fourth-order valence-corrected chi connectivity index (χ4v) is 4.27. The van der Waals surface area contributed by atoms with E-state index in [0.29, 0.717) is 25.8 Å². The van der Waals surface area contributed by atoms with Gasteiger partial charge in [-0.05, 0) is 53.7 Å². The van der Waals surface area contributed by atoms with E-state index in [0.717, 1.165) is 22.2 Å². The van der Waals surface area contributed by atoms with Gasteiger partial charge in [0.1, 0.15) is 5.69 Å². The highest BCUT2D eigenvalue weighted by molar-refractivity contribution is 8.18. The lowest BCUT2D eigenvalue weighted by Gasteiger charge is -2.15. The van der Waals surface area contributed by atoms with Gasteiger partial charge in [0.2, 0.25) is 0 Å². The van der Waals surface area contributed by atoms with Crippen molar-refractivity contribution in [2.75, 3.05) is 19.0 Å². The number of aromatic nitrogens is 1. The maximum atomic E-state index is 12.4. The Morgan fingerprint density at radius 3 is 2.62 bits per heavy atom. The van der Waals surface area contributed by atoms with E-state index in [1.165, 1.54) is 11.8 Å². The highest BCUT2D eigenvalue weighted by Crippen LogP contribution is 2.36. The van der Waals surface area contributed by atoms with Crippen LogP contribution < -0.4 is 10.2 Å². The van der Waals surface area contributed by atoms with Crippen LogP contribution in [-0.4, -0.2) is 30.2 Å². The fourth-order valence-electron chi connectivity index (χ4n) is 2.96. The first-order chi connectivity index (χ1) is 13.9. The van der Waals surface area contributed by atoms with Crippen molar-refractivity contribution in [2.24, 2.45) is 4.99 Å². The van der Waals surface area contributed by atoms with Crippen LogP contribution in [0.4, 0.5) is 11.4 Å². The molecule has 8 heteroatoms. The van der Waals surface area contributed by atoms with Crippen molar-refractivity contribution in [2.45, 2.75) is 0 Å². The molecule has 0 radical (unpaired) electrons. The Morgan fingerprint density at radius 2 is 1.90 bits per heavy atom. The lowest BCUT2D eigenvalue weighted by molar-refractivity contribution is -0.115. The van der Waals surface area contributed by atoms with Crippen LogP contribution in [-0.2, 0) is 4.79 Å². The molecule has 1 aromatic heterocycles. The Kier molecular flexibility index (Phi) is 5.50. The number of rotatable bonds is 3. The van der Waals surface area contributed by atoms with Gasteiger partial charge in [0.25, 0.3) is 5.91 Å². The number of pyridine rings is 1. The van der Waals surface area contributed by atoms with E-state index in [9.17, 15) is 4.79 Å². The average molecular weight is 443 g/mol. The summed E-state index contributed by atoms with van der Waals surface area (Å²) in [6.45, 7) is 0. The van der Waals surface area contributed by atoms with Gasteiger partial charge in [-0.3, -0.25) is 9.78 Å². The van der Waals surface area contributed by atoms with Crippen LogP contribution in [0.15, 0.2) is 58.6 Å². The minimum absolute atomic E-state index is 0.212. The number of hydrogen-bond donors (Lipinski definition) is 1. The largest absolute Gasteiger partial charge is 0.377 e. The van der Waals surface area contributed by atoms with E-state index in [4.69, 9.17) is 23.2 Å². The van der Waals surface area contributed by atoms with E-state index in [-0.39, 0.29) is 5.91 Å². The fraction of sp³-hybridized carbons (Fsp3) is 0.0952. The summed E-state index contributed by atoms with van der Waals surface area (Å²) in [5.74, 6) is -0.212. The van der Waals surface area contributed by atoms with E-state index in [1.807, 2.05) is 49.3 Å². The van der Waals surface area contributed by atoms with Crippen molar-refractivity contribution in [1.82, 2.24) is 10.3 Å². The van der Waals surface area contributed by atoms with Gasteiger partial charge in [0.05, 0.1) is 20.5 Å². The number of amides is 1. The van der Waals surface area contributed by atoms with Crippen molar-refractivity contribution < 1.29 is 4.79 Å². The molecule has 4 rings (SSSR count). The summed E-state index contributed by atoms with van der Waals surface area (Å²) in [7, 11) is 3.98. The Morgan fingerprint density at radius 1 is 1.14 bits per heavy atom. The number of carbonyl (C=O) groups is 1. The smallest absolute Gasteiger partial charge is 0.264 e. The van der Waals surface area contributed by atoms with Gasteiger partial charge >= 0.3 is 0 Å². The van der Waals surface area contributed by atoms with Crippen molar-refractivity contribution in [3.63, 3.8) is 0 Å². The molecule has 29 heavy (non-hydrogen) atoms. The van der Waals surface area contributed by atoms with Crippen LogP contribution in [0.3, 0.4) is 0 Å². The molecule has 1 aliphatic rings. The van der Waals surface area contributed by atoms with Gasteiger partial charge in [0.15, 0.2) is 5.17 Å². The van der Waals surface area contributed by atoms with Gasteiger partial charge in [-0.15, -0.1) is 0 Å². The normalized spacial score (nSPS) is 16.6. The molecule has 3 aromatic rings. The zero-order chi connectivity index (χ0) is 20.5. The summed E-state index contributed by atoms with van der Waals surface area (Å²) in [6.07, 6.45) is 3.63. The minimum Gasteiger partial charge on any atom is -0.377 e. The molecule has 0 spiro atoms. The number of nitrogens with one attached hydrogen (secondary N) is 1. The van der Waals surface area contributed by atoms with Crippen LogP contribution in [0.5, 0.6) is 0 Å². The summed E-state index contributed by atoms with van der Waals surface area (Å²) < 4.78 is 0. The van der Waals surface area contributed by atoms with E-state index in [2.05, 4.69) is 15.3 Å². The van der Waals surface area contributed by atoms with Crippen LogP contribution in [0, 0.1) is 0 Å². The Balaban J connectivity index is 1.68. The zero-order valence-corrected chi connectivity index (χ0v) is 17.9. The number of amidine groups is 1. The third-order valence-electron chi connectivity index (χ3n) is 4.32. The number of anilines is 1. The molecule has 2 aromatic carbocycles. The lowest BCUT2D eigenvalue weighted by Crippen LogP contribution is -2.19. The number of fused-ring (bicyclic) bond motifs is 1. The van der Waals surface area contributed by atoms with E-state index < -0.39 is 0 Å². The quantitative estimate of drug-likeness (QED) is 0.544. The van der Waals surface area contributed by atoms with Gasteiger partial charge in [0, 0.05) is 31.4 Å². The third kappa shape index (κ3) is 4.10. The predicted molar refractivity (Wildman–Crippen MR) is 123 cm³/mol. The number of aliphatic imine (C=N–C) groups is 1. The number of thioether (sulfide) groups is 1. The van der Waals surface area contributed by atoms with Crippen molar-refractivity contribution in [3.05, 3.63) is 69.2 Å². The molecular formula is C21H16Cl2N4OS. The SMILES string of the molecule is CN(C)c1ccnc2ccc(/C=C3/SC(=Nc4c(Cl)cccc4Cl)NC3=O)cc12. The third-order valence-corrected chi connectivity index (χ3v) is 5.84. The van der Waals surface area contributed by atoms with Gasteiger partial charge in [-0.1, -0.05) is 35.3 Å². The predicted octanol–water partition coefficient (Wildman–Crippen LogP) is 5.50. The first-order valence-corrected chi connectivity index (χ1v) is 10.3. The molecule has 146 valence electrons. The molecule has 1 saturated heterocycles. The van der Waals surface area contributed by atoms with Crippen molar-refractivity contribution in [3.8, 4) is 0 Å². The van der Waals surface area contributed by atoms with E-state index in [1.54, 1.807) is 24.4 Å². The molecule has 0 atom stereocenters. The molecule has 0 bridgehead atoms. The van der Waals surface area contributed by atoms with Gasteiger partial charge in [-0.2, -0.15) is 0 Å².